The molecular weight excluding hydrogens is 420 g/mol. The first kappa shape index (κ1) is 23.1. The first-order valence-electron chi connectivity index (χ1n) is 8.25. The van der Waals surface area contributed by atoms with E-state index in [4.69, 9.17) is 4.74 Å². The van der Waals surface area contributed by atoms with Crippen LogP contribution in [0.2, 0.25) is 0 Å². The zero-order valence-electron chi connectivity index (χ0n) is 15.4. The van der Waals surface area contributed by atoms with Gasteiger partial charge in [-0.1, -0.05) is 26.0 Å². The molecule has 2 N–H and O–H groups in total. The van der Waals surface area contributed by atoms with Gasteiger partial charge in [-0.3, -0.25) is 4.99 Å². The van der Waals surface area contributed by atoms with Gasteiger partial charge in [0.25, 0.3) is 0 Å². The molecule has 1 atom stereocenters. The number of aryl methyl sites for hydroxylation is 1. The number of nitrogens with one attached hydrogen (secondary N) is 2. The standard InChI is InChI=1S/C18H30FN3O.HI/c1-13(2)12-23-10-6-9-21-18(20-5)22-15(4)16-8-7-14(3)17(19)11-16;/h7-8,11,13,15H,6,9-10,12H2,1-5H3,(H2,20,21,22);1H. The largest absolute Gasteiger partial charge is 0.381 e. The molecule has 0 aliphatic carbocycles. The van der Waals surface area contributed by atoms with Gasteiger partial charge in [-0.05, 0) is 43.4 Å². The quantitative estimate of drug-likeness (QED) is 0.272. The van der Waals surface area contributed by atoms with Crippen LogP contribution in [0.5, 0.6) is 0 Å². The van der Waals surface area contributed by atoms with Crippen molar-refractivity contribution in [3.63, 3.8) is 0 Å². The van der Waals surface area contributed by atoms with Crippen LogP contribution in [-0.2, 0) is 4.74 Å². The summed E-state index contributed by atoms with van der Waals surface area (Å²) < 4.78 is 19.2. The number of guanidine groups is 1. The van der Waals surface area contributed by atoms with E-state index in [9.17, 15) is 4.39 Å². The van der Waals surface area contributed by atoms with Crippen molar-refractivity contribution in [3.8, 4) is 0 Å². The SMILES string of the molecule is CN=C(NCCCOCC(C)C)NC(C)c1ccc(C)c(F)c1.I. The molecule has 138 valence electrons. The average molecular weight is 451 g/mol. The maximum atomic E-state index is 13.6. The van der Waals surface area contributed by atoms with Gasteiger partial charge in [-0.25, -0.2) is 4.39 Å². The molecule has 6 heteroatoms. The Bertz CT molecular complexity index is 509. The molecule has 0 saturated carbocycles. The second kappa shape index (κ2) is 12.5. The Balaban J connectivity index is 0.00000529. The minimum atomic E-state index is -0.179. The summed E-state index contributed by atoms with van der Waals surface area (Å²) in [5.41, 5.74) is 1.56. The Kier molecular flexibility index (Phi) is 12.0. The number of hydrogen-bond acceptors (Lipinski definition) is 2. The predicted octanol–water partition coefficient (Wildman–Crippen LogP) is 4.04. The normalized spacial score (nSPS) is 12.7. The Morgan fingerprint density at radius 1 is 1.29 bits per heavy atom. The van der Waals surface area contributed by atoms with E-state index in [1.54, 1.807) is 26.1 Å². The van der Waals surface area contributed by atoms with E-state index in [0.717, 1.165) is 31.7 Å². The van der Waals surface area contributed by atoms with Crippen LogP contribution in [0, 0.1) is 18.7 Å². The van der Waals surface area contributed by atoms with E-state index < -0.39 is 0 Å². The molecule has 1 aromatic carbocycles. The Morgan fingerprint density at radius 2 is 2.00 bits per heavy atom. The molecule has 0 aliphatic rings. The lowest BCUT2D eigenvalue weighted by Gasteiger charge is -2.18. The van der Waals surface area contributed by atoms with Crippen molar-refractivity contribution in [1.82, 2.24) is 10.6 Å². The highest BCUT2D eigenvalue weighted by Crippen LogP contribution is 2.16. The van der Waals surface area contributed by atoms with Gasteiger partial charge in [-0.2, -0.15) is 0 Å². The van der Waals surface area contributed by atoms with Crippen molar-refractivity contribution in [3.05, 3.63) is 35.1 Å². The third-order valence-corrected chi connectivity index (χ3v) is 3.48. The molecule has 1 rings (SSSR count). The van der Waals surface area contributed by atoms with Crippen molar-refractivity contribution < 1.29 is 9.13 Å². The van der Waals surface area contributed by atoms with Crippen molar-refractivity contribution in [2.75, 3.05) is 26.8 Å². The minimum absolute atomic E-state index is 0. The lowest BCUT2D eigenvalue weighted by atomic mass is 10.1. The first-order chi connectivity index (χ1) is 10.9. The van der Waals surface area contributed by atoms with Crippen LogP contribution in [0.3, 0.4) is 0 Å². The molecule has 24 heavy (non-hydrogen) atoms. The summed E-state index contributed by atoms with van der Waals surface area (Å²) in [7, 11) is 1.73. The van der Waals surface area contributed by atoms with Gasteiger partial charge in [0.05, 0.1) is 6.04 Å². The van der Waals surface area contributed by atoms with Gasteiger partial charge in [0, 0.05) is 26.8 Å². The van der Waals surface area contributed by atoms with Crippen LogP contribution in [-0.4, -0.2) is 32.8 Å². The van der Waals surface area contributed by atoms with Gasteiger partial charge >= 0.3 is 0 Å². The number of nitrogens with zero attached hydrogens (tertiary/aromatic N) is 1. The number of rotatable bonds is 8. The third kappa shape index (κ3) is 8.82. The molecule has 1 unspecified atom stereocenters. The van der Waals surface area contributed by atoms with Crippen molar-refractivity contribution in [2.45, 2.75) is 40.2 Å². The summed E-state index contributed by atoms with van der Waals surface area (Å²) in [5, 5.41) is 6.52. The molecule has 0 aliphatic heterocycles. The maximum absolute atomic E-state index is 13.6. The number of benzene rings is 1. The minimum Gasteiger partial charge on any atom is -0.381 e. The van der Waals surface area contributed by atoms with Crippen LogP contribution >= 0.6 is 24.0 Å². The first-order valence-corrected chi connectivity index (χ1v) is 8.25. The summed E-state index contributed by atoms with van der Waals surface area (Å²) in [6.07, 6.45) is 0.918. The maximum Gasteiger partial charge on any atom is 0.191 e. The molecule has 0 radical (unpaired) electrons. The molecule has 0 bridgehead atoms. The zero-order chi connectivity index (χ0) is 17.2. The molecular formula is C18H31FIN3O. The van der Waals surface area contributed by atoms with E-state index in [-0.39, 0.29) is 35.8 Å². The zero-order valence-corrected chi connectivity index (χ0v) is 17.7. The summed E-state index contributed by atoms with van der Waals surface area (Å²) >= 11 is 0. The van der Waals surface area contributed by atoms with Crippen LogP contribution in [0.15, 0.2) is 23.2 Å². The van der Waals surface area contributed by atoms with E-state index >= 15 is 0 Å². The lowest BCUT2D eigenvalue weighted by Crippen LogP contribution is -2.39. The van der Waals surface area contributed by atoms with Crippen molar-refractivity contribution >= 4 is 29.9 Å². The topological polar surface area (TPSA) is 45.7 Å². The fourth-order valence-corrected chi connectivity index (χ4v) is 2.06. The fraction of sp³-hybridized carbons (Fsp3) is 0.611. The van der Waals surface area contributed by atoms with Gasteiger partial charge in [0.1, 0.15) is 5.82 Å². The van der Waals surface area contributed by atoms with Gasteiger partial charge in [0.15, 0.2) is 5.96 Å². The van der Waals surface area contributed by atoms with E-state index in [1.807, 2.05) is 13.0 Å². The van der Waals surface area contributed by atoms with Crippen molar-refractivity contribution in [1.29, 1.82) is 0 Å². The number of halogens is 2. The molecule has 0 amide bonds. The summed E-state index contributed by atoms with van der Waals surface area (Å²) in [6.45, 7) is 10.3. The van der Waals surface area contributed by atoms with Crippen LogP contribution in [0.1, 0.15) is 44.4 Å². The van der Waals surface area contributed by atoms with Crippen LogP contribution in [0.4, 0.5) is 4.39 Å². The number of hydrogen-bond donors (Lipinski definition) is 2. The number of aliphatic imine (C=N–C) groups is 1. The summed E-state index contributed by atoms with van der Waals surface area (Å²) in [4.78, 5) is 4.20. The fourth-order valence-electron chi connectivity index (χ4n) is 2.06. The molecule has 0 saturated heterocycles. The van der Waals surface area contributed by atoms with E-state index in [0.29, 0.717) is 17.4 Å². The number of ether oxygens (including phenoxy) is 1. The molecule has 0 fully saturated rings. The van der Waals surface area contributed by atoms with E-state index in [1.165, 1.54) is 0 Å². The van der Waals surface area contributed by atoms with Crippen LogP contribution in [0.25, 0.3) is 0 Å². The third-order valence-electron chi connectivity index (χ3n) is 3.48. The Hall–Kier alpha value is -0.890. The highest BCUT2D eigenvalue weighted by Gasteiger charge is 2.09. The monoisotopic (exact) mass is 451 g/mol. The van der Waals surface area contributed by atoms with Gasteiger partial charge < -0.3 is 15.4 Å². The second-order valence-electron chi connectivity index (χ2n) is 6.20. The smallest absolute Gasteiger partial charge is 0.191 e. The average Bonchev–Trinajstić information content (AvgIpc) is 2.51. The van der Waals surface area contributed by atoms with Crippen molar-refractivity contribution in [2.24, 2.45) is 10.9 Å². The Labute approximate surface area is 162 Å². The molecule has 4 nitrogen and oxygen atoms in total. The molecule has 0 heterocycles. The van der Waals surface area contributed by atoms with Crippen LogP contribution < -0.4 is 10.6 Å². The highest BCUT2D eigenvalue weighted by atomic mass is 127. The Morgan fingerprint density at radius 3 is 2.58 bits per heavy atom. The molecule has 0 aromatic heterocycles. The molecule has 1 aromatic rings. The summed E-state index contributed by atoms with van der Waals surface area (Å²) in [5.74, 6) is 1.09. The second-order valence-corrected chi connectivity index (χ2v) is 6.20. The molecule has 0 spiro atoms. The lowest BCUT2D eigenvalue weighted by molar-refractivity contribution is 0.108. The summed E-state index contributed by atoms with van der Waals surface area (Å²) in [6, 6.07) is 5.28. The van der Waals surface area contributed by atoms with E-state index in [2.05, 4.69) is 29.5 Å². The highest BCUT2D eigenvalue weighted by molar-refractivity contribution is 14.0. The predicted molar refractivity (Wildman–Crippen MR) is 110 cm³/mol. The van der Waals surface area contributed by atoms with Gasteiger partial charge in [-0.15, -0.1) is 24.0 Å². The van der Waals surface area contributed by atoms with Gasteiger partial charge in [0.2, 0.25) is 0 Å².